The highest BCUT2D eigenvalue weighted by atomic mass is 32.2. The third-order valence-electron chi connectivity index (χ3n) is 3.78. The number of hydrogen-bond acceptors (Lipinski definition) is 6. The monoisotopic (exact) mass is 345 g/mol. The number of aliphatic hydroxyl groups is 1. The van der Waals surface area contributed by atoms with Gasteiger partial charge < -0.3 is 18.8 Å². The third-order valence-corrected chi connectivity index (χ3v) is 4.88. The maximum Gasteiger partial charge on any atom is 0.191 e. The predicted octanol–water partition coefficient (Wildman–Crippen LogP) is 3.22. The largest absolute Gasteiger partial charge is 0.497 e. The molecule has 1 unspecified atom stereocenters. The Morgan fingerprint density at radius 1 is 1.33 bits per heavy atom. The summed E-state index contributed by atoms with van der Waals surface area (Å²) in [7, 11) is 3.52. The normalized spacial score (nSPS) is 12.3. The van der Waals surface area contributed by atoms with Crippen LogP contribution in [0.4, 0.5) is 0 Å². The van der Waals surface area contributed by atoms with Crippen molar-refractivity contribution in [3.8, 4) is 17.1 Å². The number of benzene rings is 1. The predicted molar refractivity (Wildman–Crippen MR) is 92.1 cm³/mol. The van der Waals surface area contributed by atoms with Gasteiger partial charge in [0.25, 0.3) is 0 Å². The molecule has 126 valence electrons. The van der Waals surface area contributed by atoms with E-state index in [1.165, 1.54) is 11.8 Å². The molecule has 7 heteroatoms. The van der Waals surface area contributed by atoms with E-state index in [2.05, 4.69) is 10.2 Å². The molecule has 0 spiro atoms. The molecule has 24 heavy (non-hydrogen) atoms. The molecule has 0 fully saturated rings. The lowest BCUT2D eigenvalue weighted by atomic mass is 10.1. The van der Waals surface area contributed by atoms with E-state index in [0.29, 0.717) is 5.75 Å². The van der Waals surface area contributed by atoms with Gasteiger partial charge in [-0.1, -0.05) is 23.9 Å². The first-order valence-electron chi connectivity index (χ1n) is 7.49. The molecular weight excluding hydrogens is 326 g/mol. The van der Waals surface area contributed by atoms with Crippen LogP contribution in [0.5, 0.6) is 5.75 Å². The van der Waals surface area contributed by atoms with Crippen LogP contribution in [0, 0.1) is 6.92 Å². The van der Waals surface area contributed by atoms with Gasteiger partial charge in [-0.2, -0.15) is 0 Å². The Hall–Kier alpha value is -2.25. The maximum absolute atomic E-state index is 10.4. The zero-order valence-corrected chi connectivity index (χ0v) is 14.6. The number of aryl methyl sites for hydroxylation is 1. The Labute approximate surface area is 144 Å². The summed E-state index contributed by atoms with van der Waals surface area (Å²) in [6.07, 6.45) is 1.03. The molecule has 3 aromatic rings. The van der Waals surface area contributed by atoms with Crippen molar-refractivity contribution in [2.45, 2.75) is 18.2 Å². The molecule has 0 radical (unpaired) electrons. The van der Waals surface area contributed by atoms with Crippen molar-refractivity contribution >= 4 is 11.8 Å². The quantitative estimate of drug-likeness (QED) is 0.692. The van der Waals surface area contributed by atoms with Crippen molar-refractivity contribution < 1.29 is 14.3 Å². The fourth-order valence-electron chi connectivity index (χ4n) is 2.39. The van der Waals surface area contributed by atoms with E-state index in [1.54, 1.807) is 13.4 Å². The first kappa shape index (κ1) is 16.6. The molecule has 0 aliphatic rings. The fourth-order valence-corrected chi connectivity index (χ4v) is 3.27. The molecule has 1 aromatic carbocycles. The van der Waals surface area contributed by atoms with E-state index in [4.69, 9.17) is 9.15 Å². The average Bonchev–Trinajstić information content (AvgIpc) is 3.18. The van der Waals surface area contributed by atoms with E-state index < -0.39 is 6.10 Å². The first-order chi connectivity index (χ1) is 11.6. The summed E-state index contributed by atoms with van der Waals surface area (Å²) in [6.45, 7) is 1.89. The summed E-state index contributed by atoms with van der Waals surface area (Å²) in [5.41, 5.74) is 1.74. The van der Waals surface area contributed by atoms with Crippen LogP contribution in [0.1, 0.15) is 17.4 Å². The molecule has 0 bridgehead atoms. The molecule has 0 aliphatic carbocycles. The minimum atomic E-state index is -0.610. The lowest BCUT2D eigenvalue weighted by Crippen LogP contribution is -2.02. The molecule has 0 aliphatic heterocycles. The lowest BCUT2D eigenvalue weighted by Gasteiger charge is -2.11. The summed E-state index contributed by atoms with van der Waals surface area (Å²) in [5.74, 6) is 2.76. The minimum absolute atomic E-state index is 0.476. The highest BCUT2D eigenvalue weighted by molar-refractivity contribution is 7.99. The van der Waals surface area contributed by atoms with Crippen molar-refractivity contribution in [2.24, 2.45) is 7.05 Å². The zero-order chi connectivity index (χ0) is 17.1. The Morgan fingerprint density at radius 2 is 2.17 bits per heavy atom. The number of nitrogens with zero attached hydrogens (tertiary/aromatic N) is 3. The van der Waals surface area contributed by atoms with Gasteiger partial charge in [-0.05, 0) is 30.7 Å². The molecule has 6 nitrogen and oxygen atoms in total. The molecule has 2 aromatic heterocycles. The van der Waals surface area contributed by atoms with Crippen LogP contribution in [-0.4, -0.2) is 32.7 Å². The van der Waals surface area contributed by atoms with Gasteiger partial charge in [0.1, 0.15) is 11.5 Å². The number of aliphatic hydroxyl groups excluding tert-OH is 1. The van der Waals surface area contributed by atoms with E-state index in [0.717, 1.165) is 33.6 Å². The molecule has 0 amide bonds. The van der Waals surface area contributed by atoms with Crippen molar-refractivity contribution in [3.63, 3.8) is 0 Å². The third kappa shape index (κ3) is 3.32. The maximum atomic E-state index is 10.4. The van der Waals surface area contributed by atoms with E-state index in [9.17, 15) is 5.11 Å². The number of methoxy groups -OCH3 is 1. The minimum Gasteiger partial charge on any atom is -0.497 e. The second kappa shape index (κ2) is 7.11. The van der Waals surface area contributed by atoms with Crippen LogP contribution in [-0.2, 0) is 7.05 Å². The number of hydrogen-bond donors (Lipinski definition) is 1. The van der Waals surface area contributed by atoms with Gasteiger partial charge >= 0.3 is 0 Å². The molecule has 0 saturated heterocycles. The average molecular weight is 345 g/mol. The second-order valence-corrected chi connectivity index (χ2v) is 6.35. The van der Waals surface area contributed by atoms with Gasteiger partial charge in [-0.3, -0.25) is 0 Å². The molecule has 3 rings (SSSR count). The van der Waals surface area contributed by atoms with Gasteiger partial charge in [-0.25, -0.2) is 0 Å². The number of thioether (sulfide) groups is 1. The standard InChI is InChI=1S/C17H19N3O3S/c1-11-14(7-8-23-11)16-18-19-17(20(16)2)24-10-15(21)12-5-4-6-13(9-12)22-3/h4-9,15,21H,10H2,1-3H3. The van der Waals surface area contributed by atoms with Gasteiger partial charge in [0.15, 0.2) is 11.0 Å². The fraction of sp³-hybridized carbons (Fsp3) is 0.294. The summed E-state index contributed by atoms with van der Waals surface area (Å²) >= 11 is 1.46. The highest BCUT2D eigenvalue weighted by Crippen LogP contribution is 2.29. The Bertz CT molecular complexity index is 828. The molecule has 1 atom stereocenters. The number of ether oxygens (including phenoxy) is 1. The lowest BCUT2D eigenvalue weighted by molar-refractivity contribution is 0.203. The van der Waals surface area contributed by atoms with Crippen LogP contribution in [0.3, 0.4) is 0 Å². The number of aromatic nitrogens is 3. The van der Waals surface area contributed by atoms with Crippen LogP contribution in [0.15, 0.2) is 46.2 Å². The van der Waals surface area contributed by atoms with Gasteiger partial charge in [0.2, 0.25) is 0 Å². The van der Waals surface area contributed by atoms with Crippen molar-refractivity contribution in [2.75, 3.05) is 12.9 Å². The first-order valence-corrected chi connectivity index (χ1v) is 8.47. The molecule has 0 saturated carbocycles. The van der Waals surface area contributed by atoms with Crippen molar-refractivity contribution in [1.29, 1.82) is 0 Å². The Balaban J connectivity index is 1.71. The number of rotatable bonds is 6. The molecule has 1 N–H and O–H groups in total. The zero-order valence-electron chi connectivity index (χ0n) is 13.8. The molecular formula is C17H19N3O3S. The van der Waals surface area contributed by atoms with Crippen LogP contribution in [0.25, 0.3) is 11.4 Å². The van der Waals surface area contributed by atoms with Crippen molar-refractivity contribution in [1.82, 2.24) is 14.8 Å². The van der Waals surface area contributed by atoms with E-state index in [-0.39, 0.29) is 0 Å². The molecule has 2 heterocycles. The summed E-state index contributed by atoms with van der Waals surface area (Å²) in [6, 6.07) is 9.31. The topological polar surface area (TPSA) is 73.3 Å². The van der Waals surface area contributed by atoms with Crippen LogP contribution >= 0.6 is 11.8 Å². The van der Waals surface area contributed by atoms with Gasteiger partial charge in [-0.15, -0.1) is 10.2 Å². The van der Waals surface area contributed by atoms with E-state index >= 15 is 0 Å². The second-order valence-electron chi connectivity index (χ2n) is 5.36. The summed E-state index contributed by atoms with van der Waals surface area (Å²) in [4.78, 5) is 0. The Morgan fingerprint density at radius 3 is 2.88 bits per heavy atom. The van der Waals surface area contributed by atoms with Crippen molar-refractivity contribution in [3.05, 3.63) is 47.9 Å². The van der Waals surface area contributed by atoms with Crippen LogP contribution in [0.2, 0.25) is 0 Å². The highest BCUT2D eigenvalue weighted by Gasteiger charge is 2.16. The smallest absolute Gasteiger partial charge is 0.191 e. The van der Waals surface area contributed by atoms with E-state index in [1.807, 2.05) is 48.9 Å². The SMILES string of the molecule is COc1cccc(C(O)CSc2nnc(-c3ccoc3C)n2C)c1. The summed E-state index contributed by atoms with van der Waals surface area (Å²) < 4.78 is 12.4. The van der Waals surface area contributed by atoms with Crippen LogP contribution < -0.4 is 4.74 Å². The Kier molecular flexibility index (Phi) is 4.92. The summed E-state index contributed by atoms with van der Waals surface area (Å²) in [5, 5.41) is 19.6. The van der Waals surface area contributed by atoms with Gasteiger partial charge in [0, 0.05) is 12.8 Å². The van der Waals surface area contributed by atoms with Gasteiger partial charge in [0.05, 0.1) is 25.0 Å². The number of furan rings is 1.